The molecule has 0 spiro atoms. The minimum Gasteiger partial charge on any atom is -0.367 e. The molecule has 11 heteroatoms. The molecule has 1 aliphatic carbocycles. The van der Waals surface area contributed by atoms with Crippen LogP contribution >= 0.6 is 0 Å². The molecular formula is C26H36F3N7O. The van der Waals surface area contributed by atoms with Gasteiger partial charge in [0.05, 0.1) is 5.56 Å². The van der Waals surface area contributed by atoms with Crippen molar-refractivity contribution in [3.05, 3.63) is 41.5 Å². The van der Waals surface area contributed by atoms with E-state index < -0.39 is 11.7 Å². The highest BCUT2D eigenvalue weighted by molar-refractivity contribution is 5.76. The summed E-state index contributed by atoms with van der Waals surface area (Å²) >= 11 is 0. The second-order valence-electron chi connectivity index (χ2n) is 9.97. The molecule has 202 valence electrons. The van der Waals surface area contributed by atoms with Crippen molar-refractivity contribution in [3.63, 3.8) is 0 Å². The number of piperazine rings is 1. The zero-order valence-corrected chi connectivity index (χ0v) is 21.4. The Morgan fingerprint density at radius 3 is 2.43 bits per heavy atom. The number of carbonyl (C=O) groups is 1. The fourth-order valence-corrected chi connectivity index (χ4v) is 5.02. The monoisotopic (exact) mass is 519 g/mol. The first-order valence-electron chi connectivity index (χ1n) is 12.9. The standard InChI is InChI=1S/C26H36F3N7O/c1-30-25-33-22(16-23(34-25)36-13-11-35(2)12-14-36)32-20-9-7-18(8-10-20)15-24(37)31-17-19-5-3-4-6-21(19)26(27,28)29/h3-6,16,18,20H,7-15,17H2,1-2H3,(H,31,37)(H2,30,32,33,34). The normalized spacial score (nSPS) is 20.9. The number of aromatic nitrogens is 2. The van der Waals surface area contributed by atoms with Crippen molar-refractivity contribution >= 4 is 23.5 Å². The zero-order chi connectivity index (χ0) is 26.4. The van der Waals surface area contributed by atoms with Gasteiger partial charge in [-0.15, -0.1) is 0 Å². The summed E-state index contributed by atoms with van der Waals surface area (Å²) in [7, 11) is 3.93. The summed E-state index contributed by atoms with van der Waals surface area (Å²) in [5.41, 5.74) is -0.623. The molecule has 1 aromatic heterocycles. The minimum atomic E-state index is -4.43. The Morgan fingerprint density at radius 2 is 1.76 bits per heavy atom. The molecule has 0 unspecified atom stereocenters. The van der Waals surface area contributed by atoms with Crippen LogP contribution in [0.5, 0.6) is 0 Å². The van der Waals surface area contributed by atoms with Crippen molar-refractivity contribution in [1.82, 2.24) is 20.2 Å². The Morgan fingerprint density at radius 1 is 1.05 bits per heavy atom. The number of nitrogens with one attached hydrogen (secondary N) is 3. The predicted octanol–water partition coefficient (Wildman–Crippen LogP) is 3.97. The van der Waals surface area contributed by atoms with E-state index >= 15 is 0 Å². The molecule has 2 fully saturated rings. The molecule has 1 aliphatic heterocycles. The molecule has 2 heterocycles. The van der Waals surface area contributed by atoms with E-state index in [1.54, 1.807) is 6.07 Å². The Bertz CT molecular complexity index is 1050. The van der Waals surface area contributed by atoms with Gasteiger partial charge in [0.1, 0.15) is 11.6 Å². The van der Waals surface area contributed by atoms with Crippen LogP contribution < -0.4 is 20.9 Å². The van der Waals surface area contributed by atoms with Gasteiger partial charge in [-0.3, -0.25) is 4.79 Å². The quantitative estimate of drug-likeness (QED) is 0.487. The molecule has 0 radical (unpaired) electrons. The number of anilines is 3. The molecular weight excluding hydrogens is 483 g/mol. The Kier molecular flexibility index (Phi) is 8.73. The van der Waals surface area contributed by atoms with E-state index in [1.165, 1.54) is 12.1 Å². The van der Waals surface area contributed by atoms with Crippen molar-refractivity contribution < 1.29 is 18.0 Å². The van der Waals surface area contributed by atoms with Crippen LogP contribution in [0.25, 0.3) is 0 Å². The summed E-state index contributed by atoms with van der Waals surface area (Å²) in [6.07, 6.45) is -0.560. The van der Waals surface area contributed by atoms with E-state index in [0.717, 1.165) is 69.6 Å². The summed E-state index contributed by atoms with van der Waals surface area (Å²) in [5, 5.41) is 9.28. The highest BCUT2D eigenvalue weighted by Gasteiger charge is 2.33. The molecule has 0 atom stereocenters. The van der Waals surface area contributed by atoms with Gasteiger partial charge in [-0.25, -0.2) is 0 Å². The lowest BCUT2D eigenvalue weighted by Gasteiger charge is -2.34. The third kappa shape index (κ3) is 7.47. The first-order chi connectivity index (χ1) is 17.7. The van der Waals surface area contributed by atoms with Crippen LogP contribution in [0.15, 0.2) is 30.3 Å². The van der Waals surface area contributed by atoms with Crippen LogP contribution in [-0.2, 0) is 17.5 Å². The van der Waals surface area contributed by atoms with Gasteiger partial charge in [-0.05, 0) is 50.3 Å². The van der Waals surface area contributed by atoms with Gasteiger partial charge in [-0.1, -0.05) is 18.2 Å². The molecule has 1 aromatic carbocycles. The minimum absolute atomic E-state index is 0.0815. The molecule has 1 amide bonds. The maximum atomic E-state index is 13.2. The summed E-state index contributed by atoms with van der Waals surface area (Å²) in [6.45, 7) is 3.71. The highest BCUT2D eigenvalue weighted by Crippen LogP contribution is 2.32. The number of hydrogen-bond acceptors (Lipinski definition) is 7. The molecule has 1 saturated carbocycles. The van der Waals surface area contributed by atoms with Crippen LogP contribution in [0.1, 0.15) is 43.2 Å². The van der Waals surface area contributed by atoms with Gasteiger partial charge in [0, 0.05) is 58.3 Å². The number of benzene rings is 1. The average molecular weight is 520 g/mol. The van der Waals surface area contributed by atoms with Gasteiger partial charge >= 0.3 is 6.18 Å². The lowest BCUT2D eigenvalue weighted by atomic mass is 9.84. The predicted molar refractivity (Wildman–Crippen MR) is 139 cm³/mol. The highest BCUT2D eigenvalue weighted by atomic mass is 19.4. The van der Waals surface area contributed by atoms with E-state index in [-0.39, 0.29) is 30.0 Å². The van der Waals surface area contributed by atoms with E-state index in [4.69, 9.17) is 0 Å². The third-order valence-electron chi connectivity index (χ3n) is 7.24. The summed E-state index contributed by atoms with van der Waals surface area (Å²) < 4.78 is 39.5. The Balaban J connectivity index is 1.26. The number of hydrogen-bond donors (Lipinski definition) is 3. The van der Waals surface area contributed by atoms with Crippen molar-refractivity contribution in [2.24, 2.45) is 5.92 Å². The van der Waals surface area contributed by atoms with Gasteiger partial charge in [0.25, 0.3) is 0 Å². The van der Waals surface area contributed by atoms with E-state index in [0.29, 0.717) is 12.4 Å². The number of carbonyl (C=O) groups excluding carboxylic acids is 1. The molecule has 3 N–H and O–H groups in total. The Hall–Kier alpha value is -3.08. The number of likely N-dealkylation sites (N-methyl/N-ethyl adjacent to an activating group) is 1. The van der Waals surface area contributed by atoms with Crippen LogP contribution in [0.4, 0.5) is 30.8 Å². The number of alkyl halides is 3. The van der Waals surface area contributed by atoms with Gasteiger partial charge in [-0.2, -0.15) is 23.1 Å². The second-order valence-corrected chi connectivity index (χ2v) is 9.97. The first kappa shape index (κ1) is 27.0. The first-order valence-corrected chi connectivity index (χ1v) is 12.9. The van der Waals surface area contributed by atoms with E-state index in [1.807, 2.05) is 13.1 Å². The second kappa shape index (κ2) is 12.0. The van der Waals surface area contributed by atoms with Gasteiger partial charge in [0.15, 0.2) is 0 Å². The van der Waals surface area contributed by atoms with Crippen molar-refractivity contribution in [2.75, 3.05) is 55.8 Å². The fraction of sp³-hybridized carbons (Fsp3) is 0.577. The fourth-order valence-electron chi connectivity index (χ4n) is 5.02. The number of halogens is 3. The molecule has 0 bridgehead atoms. The van der Waals surface area contributed by atoms with E-state index in [2.05, 4.69) is 42.8 Å². The van der Waals surface area contributed by atoms with Crippen molar-refractivity contribution in [2.45, 2.75) is 50.9 Å². The van der Waals surface area contributed by atoms with Crippen LogP contribution in [0, 0.1) is 5.92 Å². The lowest BCUT2D eigenvalue weighted by Crippen LogP contribution is -2.44. The number of rotatable bonds is 8. The largest absolute Gasteiger partial charge is 0.416 e. The molecule has 37 heavy (non-hydrogen) atoms. The van der Waals surface area contributed by atoms with Crippen LogP contribution in [-0.4, -0.2) is 67.1 Å². The Labute approximate surface area is 216 Å². The summed E-state index contributed by atoms with van der Waals surface area (Å²) in [6, 6.07) is 7.61. The topological polar surface area (TPSA) is 85.4 Å². The SMILES string of the molecule is CNc1nc(NC2CCC(CC(=O)NCc3ccccc3C(F)(F)F)CC2)cc(N2CCN(C)CC2)n1. The third-order valence-corrected chi connectivity index (χ3v) is 7.24. The molecule has 1 saturated heterocycles. The lowest BCUT2D eigenvalue weighted by molar-refractivity contribution is -0.138. The number of nitrogens with zero attached hydrogens (tertiary/aromatic N) is 4. The molecule has 2 aromatic rings. The van der Waals surface area contributed by atoms with Crippen molar-refractivity contribution in [3.8, 4) is 0 Å². The molecule has 4 rings (SSSR count). The molecule has 8 nitrogen and oxygen atoms in total. The smallest absolute Gasteiger partial charge is 0.367 e. The number of amides is 1. The van der Waals surface area contributed by atoms with E-state index in [9.17, 15) is 18.0 Å². The zero-order valence-electron chi connectivity index (χ0n) is 21.4. The maximum absolute atomic E-state index is 13.2. The summed E-state index contributed by atoms with van der Waals surface area (Å²) in [4.78, 5) is 26.3. The maximum Gasteiger partial charge on any atom is 0.416 e. The summed E-state index contributed by atoms with van der Waals surface area (Å²) in [5.74, 6) is 2.29. The van der Waals surface area contributed by atoms with Crippen LogP contribution in [0.3, 0.4) is 0 Å². The van der Waals surface area contributed by atoms with Crippen molar-refractivity contribution in [1.29, 1.82) is 0 Å². The molecule has 2 aliphatic rings. The van der Waals surface area contributed by atoms with Gasteiger partial charge in [0.2, 0.25) is 11.9 Å². The average Bonchev–Trinajstić information content (AvgIpc) is 2.88. The van der Waals surface area contributed by atoms with Gasteiger partial charge < -0.3 is 25.8 Å². The van der Waals surface area contributed by atoms with Crippen LogP contribution in [0.2, 0.25) is 0 Å².